The molecule has 0 saturated carbocycles. The molecule has 2 aromatic rings. The average molecular weight is 296 g/mol. The molecule has 1 unspecified atom stereocenters. The maximum Gasteiger partial charge on any atom is 0.273 e. The second-order valence-corrected chi connectivity index (χ2v) is 6.86. The second-order valence-electron chi connectivity index (χ2n) is 4.63. The first-order valence-electron chi connectivity index (χ1n) is 6.05. The second kappa shape index (κ2) is 4.78. The van der Waals surface area contributed by atoms with Crippen molar-refractivity contribution in [1.29, 1.82) is 0 Å². The van der Waals surface area contributed by atoms with E-state index in [4.69, 9.17) is 8.94 Å². The number of rotatable bonds is 3. The predicted molar refractivity (Wildman–Crippen MR) is 68.7 cm³/mol. The number of hydrogen-bond acceptors (Lipinski definition) is 6. The maximum absolute atomic E-state index is 11.9. The van der Waals surface area contributed by atoms with Gasteiger partial charge in [-0.2, -0.15) is 0 Å². The summed E-state index contributed by atoms with van der Waals surface area (Å²) in [5.41, 5.74) is 0.0979. The van der Waals surface area contributed by atoms with Crippen molar-refractivity contribution in [3.63, 3.8) is 0 Å². The Balaban J connectivity index is 1.69. The lowest BCUT2D eigenvalue weighted by Gasteiger charge is -2.08. The molecule has 1 saturated heterocycles. The number of carbonyl (C=O) groups is 1. The SMILES string of the molecule is O=C(NC1CCS(=O)(=O)C1)c1cc(-c2ccco2)on1. The summed E-state index contributed by atoms with van der Waals surface area (Å²) in [4.78, 5) is 11.9. The van der Waals surface area contributed by atoms with Crippen molar-refractivity contribution in [2.24, 2.45) is 0 Å². The first-order valence-corrected chi connectivity index (χ1v) is 7.87. The Kier molecular flexibility index (Phi) is 3.09. The molecule has 3 rings (SSSR count). The summed E-state index contributed by atoms with van der Waals surface area (Å²) in [6.07, 6.45) is 1.91. The standard InChI is InChI=1S/C12H12N2O5S/c15-12(13-8-3-5-20(16,17)7-8)9-6-11(19-14-9)10-2-1-4-18-10/h1-2,4,6,8H,3,5,7H2,(H,13,15). The fourth-order valence-electron chi connectivity index (χ4n) is 2.09. The highest BCUT2D eigenvalue weighted by atomic mass is 32.2. The van der Waals surface area contributed by atoms with Gasteiger partial charge in [-0.15, -0.1) is 0 Å². The molecule has 1 aliphatic heterocycles. The minimum Gasteiger partial charge on any atom is -0.461 e. The molecule has 0 spiro atoms. The van der Waals surface area contributed by atoms with Crippen molar-refractivity contribution in [2.45, 2.75) is 12.5 Å². The van der Waals surface area contributed by atoms with E-state index in [2.05, 4.69) is 10.5 Å². The van der Waals surface area contributed by atoms with Crippen LogP contribution in [0.15, 0.2) is 33.4 Å². The normalized spacial score (nSPS) is 20.9. The number of sulfone groups is 1. The smallest absolute Gasteiger partial charge is 0.273 e. The quantitative estimate of drug-likeness (QED) is 0.900. The van der Waals surface area contributed by atoms with Crippen LogP contribution < -0.4 is 5.32 Å². The Labute approximate surface area is 114 Å². The lowest BCUT2D eigenvalue weighted by molar-refractivity contribution is 0.0932. The zero-order valence-electron chi connectivity index (χ0n) is 10.4. The molecule has 106 valence electrons. The summed E-state index contributed by atoms with van der Waals surface area (Å²) < 4.78 is 32.8. The molecule has 3 heterocycles. The third-order valence-electron chi connectivity index (χ3n) is 3.07. The first-order chi connectivity index (χ1) is 9.53. The zero-order valence-corrected chi connectivity index (χ0v) is 11.2. The summed E-state index contributed by atoms with van der Waals surface area (Å²) >= 11 is 0. The van der Waals surface area contributed by atoms with Crippen molar-refractivity contribution in [2.75, 3.05) is 11.5 Å². The van der Waals surface area contributed by atoms with Gasteiger partial charge in [-0.05, 0) is 18.6 Å². The first kappa shape index (κ1) is 12.9. The predicted octanol–water partition coefficient (Wildman–Crippen LogP) is 0.851. The number of nitrogens with one attached hydrogen (secondary N) is 1. The highest BCUT2D eigenvalue weighted by molar-refractivity contribution is 7.91. The van der Waals surface area contributed by atoms with Crippen LogP contribution in [0.4, 0.5) is 0 Å². The molecule has 1 atom stereocenters. The van der Waals surface area contributed by atoms with Crippen LogP contribution in [0.1, 0.15) is 16.9 Å². The van der Waals surface area contributed by atoms with Crippen LogP contribution >= 0.6 is 0 Å². The van der Waals surface area contributed by atoms with E-state index in [1.807, 2.05) is 0 Å². The van der Waals surface area contributed by atoms with E-state index in [0.29, 0.717) is 17.9 Å². The number of carbonyl (C=O) groups excluding carboxylic acids is 1. The van der Waals surface area contributed by atoms with Gasteiger partial charge < -0.3 is 14.3 Å². The van der Waals surface area contributed by atoms with Gasteiger partial charge in [-0.3, -0.25) is 4.79 Å². The van der Waals surface area contributed by atoms with Crippen LogP contribution in [0.3, 0.4) is 0 Å². The molecule has 2 aromatic heterocycles. The minimum atomic E-state index is -3.03. The summed E-state index contributed by atoms with van der Waals surface area (Å²) in [5, 5.41) is 6.29. The monoisotopic (exact) mass is 296 g/mol. The van der Waals surface area contributed by atoms with Gasteiger partial charge in [0.1, 0.15) is 0 Å². The maximum atomic E-state index is 11.9. The van der Waals surface area contributed by atoms with Crippen molar-refractivity contribution in [3.05, 3.63) is 30.2 Å². The molecule has 8 heteroatoms. The molecular formula is C12H12N2O5S. The largest absolute Gasteiger partial charge is 0.461 e. The third kappa shape index (κ3) is 2.60. The van der Waals surface area contributed by atoms with E-state index in [1.54, 1.807) is 12.1 Å². The molecular weight excluding hydrogens is 284 g/mol. The molecule has 20 heavy (non-hydrogen) atoms. The van der Waals surface area contributed by atoms with Gasteiger partial charge in [-0.1, -0.05) is 5.16 Å². The van der Waals surface area contributed by atoms with E-state index >= 15 is 0 Å². The van der Waals surface area contributed by atoms with Gasteiger partial charge in [0.15, 0.2) is 21.3 Å². The fourth-order valence-corrected chi connectivity index (χ4v) is 3.76. The van der Waals surface area contributed by atoms with Crippen molar-refractivity contribution < 1.29 is 22.2 Å². The highest BCUT2D eigenvalue weighted by Crippen LogP contribution is 2.20. The Morgan fingerprint density at radius 1 is 1.40 bits per heavy atom. The van der Waals surface area contributed by atoms with Crippen molar-refractivity contribution in [3.8, 4) is 11.5 Å². The molecule has 7 nitrogen and oxygen atoms in total. The Hall–Kier alpha value is -2.09. The van der Waals surface area contributed by atoms with E-state index in [9.17, 15) is 13.2 Å². The number of nitrogens with zero attached hydrogens (tertiary/aromatic N) is 1. The van der Waals surface area contributed by atoms with Gasteiger partial charge in [0.25, 0.3) is 5.91 Å². The molecule has 0 aromatic carbocycles. The zero-order chi connectivity index (χ0) is 14.2. The number of aromatic nitrogens is 1. The van der Waals surface area contributed by atoms with Crippen LogP contribution in [0.25, 0.3) is 11.5 Å². The lowest BCUT2D eigenvalue weighted by atomic mass is 10.2. The van der Waals surface area contributed by atoms with Crippen LogP contribution in [0, 0.1) is 0 Å². The van der Waals surface area contributed by atoms with E-state index < -0.39 is 15.7 Å². The van der Waals surface area contributed by atoms with Gasteiger partial charge in [0.05, 0.1) is 17.8 Å². The Morgan fingerprint density at radius 2 is 2.25 bits per heavy atom. The van der Waals surface area contributed by atoms with Crippen LogP contribution in [0.5, 0.6) is 0 Å². The fraction of sp³-hybridized carbons (Fsp3) is 0.333. The van der Waals surface area contributed by atoms with Gasteiger partial charge in [0.2, 0.25) is 5.76 Å². The lowest BCUT2D eigenvalue weighted by Crippen LogP contribution is -2.35. The van der Waals surface area contributed by atoms with Crippen LogP contribution in [-0.4, -0.2) is 37.0 Å². The number of hydrogen-bond donors (Lipinski definition) is 1. The summed E-state index contributed by atoms with van der Waals surface area (Å²) in [5.74, 6) is 0.448. The summed E-state index contributed by atoms with van der Waals surface area (Å²) in [6.45, 7) is 0. The molecule has 1 fully saturated rings. The number of amides is 1. The van der Waals surface area contributed by atoms with E-state index in [0.717, 1.165) is 0 Å². The molecule has 0 bridgehead atoms. The van der Waals surface area contributed by atoms with Crippen LogP contribution in [0.2, 0.25) is 0 Å². The average Bonchev–Trinajstić information content (AvgIpc) is 3.08. The molecule has 1 N–H and O–H groups in total. The van der Waals surface area contributed by atoms with E-state index in [-0.39, 0.29) is 23.2 Å². The molecule has 0 aliphatic carbocycles. The topological polar surface area (TPSA) is 102 Å². The summed E-state index contributed by atoms with van der Waals surface area (Å²) in [7, 11) is -3.03. The van der Waals surface area contributed by atoms with Gasteiger partial charge >= 0.3 is 0 Å². The molecule has 0 radical (unpaired) electrons. The highest BCUT2D eigenvalue weighted by Gasteiger charge is 2.29. The summed E-state index contributed by atoms with van der Waals surface area (Å²) in [6, 6.07) is 4.47. The van der Waals surface area contributed by atoms with Crippen LogP contribution in [-0.2, 0) is 9.84 Å². The Bertz CT molecular complexity index is 717. The number of furan rings is 1. The molecule has 1 amide bonds. The Morgan fingerprint density at radius 3 is 2.90 bits per heavy atom. The van der Waals surface area contributed by atoms with E-state index in [1.165, 1.54) is 12.3 Å². The van der Waals surface area contributed by atoms with Gasteiger partial charge in [0, 0.05) is 12.1 Å². The third-order valence-corrected chi connectivity index (χ3v) is 4.84. The minimum absolute atomic E-state index is 0.0262. The van der Waals surface area contributed by atoms with Crippen molar-refractivity contribution >= 4 is 15.7 Å². The molecule has 1 aliphatic rings. The van der Waals surface area contributed by atoms with Crippen molar-refractivity contribution in [1.82, 2.24) is 10.5 Å². The van der Waals surface area contributed by atoms with Gasteiger partial charge in [-0.25, -0.2) is 8.42 Å².